The molecule has 4 aromatic carbocycles. The second kappa shape index (κ2) is 5.27. The molecular formula is C24H15BO2. The van der Waals surface area contributed by atoms with Crippen LogP contribution in [0.4, 0.5) is 0 Å². The van der Waals surface area contributed by atoms with Crippen LogP contribution in [0.1, 0.15) is 0 Å². The lowest BCUT2D eigenvalue weighted by molar-refractivity contribution is 0.633. The highest BCUT2D eigenvalue weighted by Gasteiger charge is 2.16. The van der Waals surface area contributed by atoms with Gasteiger partial charge in [0.15, 0.2) is 11.2 Å². The van der Waals surface area contributed by atoms with E-state index in [0.29, 0.717) is 0 Å². The Hall–Kier alpha value is -3.46. The van der Waals surface area contributed by atoms with Crippen molar-refractivity contribution < 1.29 is 8.83 Å². The molecule has 126 valence electrons. The number of hydrogen-bond acceptors (Lipinski definition) is 2. The summed E-state index contributed by atoms with van der Waals surface area (Å²) in [5.41, 5.74) is 7.04. The fourth-order valence-corrected chi connectivity index (χ4v) is 3.99. The molecule has 6 rings (SSSR count). The molecule has 0 N–H and O–H groups in total. The number of furan rings is 2. The first kappa shape index (κ1) is 14.7. The minimum atomic E-state index is 0.821. The zero-order valence-electron chi connectivity index (χ0n) is 14.8. The Morgan fingerprint density at radius 1 is 0.519 bits per heavy atom. The zero-order valence-corrected chi connectivity index (χ0v) is 14.8. The van der Waals surface area contributed by atoms with Gasteiger partial charge in [-0.15, -0.1) is 0 Å². The molecule has 0 saturated carbocycles. The summed E-state index contributed by atoms with van der Waals surface area (Å²) < 4.78 is 12.4. The first-order valence-corrected chi connectivity index (χ1v) is 9.11. The van der Waals surface area contributed by atoms with Gasteiger partial charge >= 0.3 is 0 Å². The van der Waals surface area contributed by atoms with Crippen LogP contribution in [-0.2, 0) is 0 Å². The van der Waals surface area contributed by atoms with E-state index in [0.717, 1.165) is 43.9 Å². The molecule has 0 saturated heterocycles. The van der Waals surface area contributed by atoms with Crippen molar-refractivity contribution in [3.8, 4) is 11.1 Å². The minimum absolute atomic E-state index is 0.821. The van der Waals surface area contributed by atoms with Crippen molar-refractivity contribution in [2.45, 2.75) is 0 Å². The van der Waals surface area contributed by atoms with Gasteiger partial charge in [-0.25, -0.2) is 0 Å². The molecule has 0 amide bonds. The summed E-state index contributed by atoms with van der Waals surface area (Å²) in [6.07, 6.45) is 0. The van der Waals surface area contributed by atoms with Crippen LogP contribution in [0, 0.1) is 0 Å². The van der Waals surface area contributed by atoms with Crippen LogP contribution >= 0.6 is 0 Å². The minimum Gasteiger partial charge on any atom is -0.452 e. The van der Waals surface area contributed by atoms with E-state index in [4.69, 9.17) is 8.83 Å². The van der Waals surface area contributed by atoms with Gasteiger partial charge in [0.1, 0.15) is 19.0 Å². The molecule has 27 heavy (non-hydrogen) atoms. The summed E-state index contributed by atoms with van der Waals surface area (Å²) in [6, 6.07) is 27.4. The van der Waals surface area contributed by atoms with Crippen molar-refractivity contribution in [2.75, 3.05) is 0 Å². The van der Waals surface area contributed by atoms with E-state index in [1.807, 2.05) is 12.1 Å². The fraction of sp³-hybridized carbons (Fsp3) is 0. The van der Waals surface area contributed by atoms with E-state index >= 15 is 0 Å². The largest absolute Gasteiger partial charge is 0.452 e. The lowest BCUT2D eigenvalue weighted by Gasteiger charge is -2.01. The highest BCUT2D eigenvalue weighted by Crippen LogP contribution is 2.39. The van der Waals surface area contributed by atoms with Crippen molar-refractivity contribution in [1.82, 2.24) is 0 Å². The lowest BCUT2D eigenvalue weighted by atomic mass is 9.94. The predicted octanol–water partition coefficient (Wildman–Crippen LogP) is 5.41. The number of hydrogen-bond donors (Lipinski definition) is 0. The van der Waals surface area contributed by atoms with Crippen LogP contribution in [0.15, 0.2) is 87.7 Å². The maximum atomic E-state index is 6.22. The molecule has 0 radical (unpaired) electrons. The van der Waals surface area contributed by atoms with Crippen molar-refractivity contribution in [2.24, 2.45) is 0 Å². The van der Waals surface area contributed by atoms with Gasteiger partial charge in [-0.05, 0) is 41.5 Å². The van der Waals surface area contributed by atoms with Crippen molar-refractivity contribution in [3.63, 3.8) is 0 Å². The summed E-state index contributed by atoms with van der Waals surface area (Å²) in [5.74, 6) is 0. The summed E-state index contributed by atoms with van der Waals surface area (Å²) in [6.45, 7) is 0. The van der Waals surface area contributed by atoms with Gasteiger partial charge in [0.2, 0.25) is 0 Å². The third kappa shape index (κ3) is 2.09. The highest BCUT2D eigenvalue weighted by atomic mass is 16.4. The molecule has 6 aromatic rings. The normalized spacial score (nSPS) is 11.9. The highest BCUT2D eigenvalue weighted by molar-refractivity contribution is 6.34. The molecular weight excluding hydrogens is 331 g/mol. The van der Waals surface area contributed by atoms with Gasteiger partial charge in [-0.2, -0.15) is 0 Å². The molecule has 0 fully saturated rings. The molecule has 2 aromatic heterocycles. The third-order valence-corrected chi connectivity index (χ3v) is 5.34. The summed E-state index contributed by atoms with van der Waals surface area (Å²) in [5, 5.41) is 4.44. The monoisotopic (exact) mass is 346 g/mol. The number of benzene rings is 4. The van der Waals surface area contributed by atoms with E-state index in [1.165, 1.54) is 16.6 Å². The number of fused-ring (bicyclic) bond motifs is 7. The van der Waals surface area contributed by atoms with E-state index in [-0.39, 0.29) is 0 Å². The Bertz CT molecular complexity index is 1470. The molecule has 0 aliphatic carbocycles. The first-order chi connectivity index (χ1) is 13.3. The quantitative estimate of drug-likeness (QED) is 0.372. The molecule has 0 spiro atoms. The Balaban J connectivity index is 1.69. The van der Waals surface area contributed by atoms with Crippen molar-refractivity contribution >= 4 is 57.2 Å². The van der Waals surface area contributed by atoms with Crippen LogP contribution in [0.2, 0.25) is 0 Å². The van der Waals surface area contributed by atoms with Gasteiger partial charge in [-0.3, -0.25) is 0 Å². The lowest BCUT2D eigenvalue weighted by Crippen LogP contribution is -1.98. The summed E-state index contributed by atoms with van der Waals surface area (Å²) in [7, 11) is 2.10. The summed E-state index contributed by atoms with van der Waals surface area (Å²) in [4.78, 5) is 0. The Kier molecular flexibility index (Phi) is 2.87. The average molecular weight is 346 g/mol. The zero-order chi connectivity index (χ0) is 18.0. The standard InChI is InChI=1S/C24H15BO2/c25-16-7-11-22-20(13-16)18-9-8-17-19-12-15(14-4-2-1-3-5-14)6-10-21(19)26-23(17)24(18)27-22/h1-13H,25H2. The summed E-state index contributed by atoms with van der Waals surface area (Å²) >= 11 is 0. The maximum absolute atomic E-state index is 6.22. The molecule has 0 unspecified atom stereocenters. The fourth-order valence-electron chi connectivity index (χ4n) is 3.99. The molecule has 2 nitrogen and oxygen atoms in total. The molecule has 0 aliphatic heterocycles. The van der Waals surface area contributed by atoms with Crippen molar-refractivity contribution in [3.05, 3.63) is 78.9 Å². The smallest absolute Gasteiger partial charge is 0.178 e. The van der Waals surface area contributed by atoms with E-state index < -0.39 is 0 Å². The Labute approximate surface area is 156 Å². The van der Waals surface area contributed by atoms with Crippen LogP contribution in [0.25, 0.3) is 55.0 Å². The van der Waals surface area contributed by atoms with Crippen LogP contribution in [-0.4, -0.2) is 7.85 Å². The van der Waals surface area contributed by atoms with Crippen LogP contribution in [0.5, 0.6) is 0 Å². The second-order valence-corrected chi connectivity index (χ2v) is 7.10. The van der Waals surface area contributed by atoms with Gasteiger partial charge in [-0.1, -0.05) is 54.0 Å². The molecule has 0 aliphatic rings. The van der Waals surface area contributed by atoms with Crippen molar-refractivity contribution in [1.29, 1.82) is 0 Å². The number of rotatable bonds is 1. The Morgan fingerprint density at radius 3 is 1.85 bits per heavy atom. The average Bonchev–Trinajstić information content (AvgIpc) is 3.26. The maximum Gasteiger partial charge on any atom is 0.178 e. The van der Waals surface area contributed by atoms with Crippen LogP contribution < -0.4 is 5.46 Å². The topological polar surface area (TPSA) is 26.3 Å². The van der Waals surface area contributed by atoms with Gasteiger partial charge in [0.05, 0.1) is 0 Å². The molecule has 3 heteroatoms. The first-order valence-electron chi connectivity index (χ1n) is 9.11. The molecule has 2 heterocycles. The van der Waals surface area contributed by atoms with E-state index in [2.05, 4.69) is 74.6 Å². The second-order valence-electron chi connectivity index (χ2n) is 7.10. The van der Waals surface area contributed by atoms with Gasteiger partial charge in [0.25, 0.3) is 0 Å². The van der Waals surface area contributed by atoms with Crippen LogP contribution in [0.3, 0.4) is 0 Å². The van der Waals surface area contributed by atoms with E-state index in [1.54, 1.807) is 0 Å². The van der Waals surface area contributed by atoms with E-state index in [9.17, 15) is 0 Å². The molecule has 0 atom stereocenters. The molecule has 0 bridgehead atoms. The Morgan fingerprint density at radius 2 is 1.15 bits per heavy atom. The predicted molar refractivity (Wildman–Crippen MR) is 115 cm³/mol. The van der Waals surface area contributed by atoms with Gasteiger partial charge < -0.3 is 8.83 Å². The SMILES string of the molecule is Bc1ccc2oc3c(ccc4c5cc(-c6ccccc6)ccc5oc43)c2c1. The van der Waals surface area contributed by atoms with Gasteiger partial charge in [0, 0.05) is 21.5 Å². The third-order valence-electron chi connectivity index (χ3n) is 5.34.